The highest BCUT2D eigenvalue weighted by Crippen LogP contribution is 2.35. The number of benzene rings is 2. The lowest BCUT2D eigenvalue weighted by molar-refractivity contribution is 0.107. The number of nitrogens with zero attached hydrogens (tertiary/aromatic N) is 1. The van der Waals surface area contributed by atoms with E-state index in [0.29, 0.717) is 10.0 Å². The average molecular weight is 306 g/mol. The quantitative estimate of drug-likeness (QED) is 0.559. The third kappa shape index (κ3) is 2.05. The molecule has 0 radical (unpaired) electrons. The maximum atomic E-state index is 6.12. The minimum atomic E-state index is -0.158. The normalized spacial score (nSPS) is 12.8. The van der Waals surface area contributed by atoms with Crippen molar-refractivity contribution in [1.82, 2.24) is 4.57 Å². The number of halogens is 2. The zero-order chi connectivity index (χ0) is 14.3. The molecule has 102 valence electrons. The summed E-state index contributed by atoms with van der Waals surface area (Å²) >= 11 is 12.2. The fourth-order valence-electron chi connectivity index (χ4n) is 2.59. The van der Waals surface area contributed by atoms with Crippen molar-refractivity contribution in [1.29, 1.82) is 0 Å². The topological polar surface area (TPSA) is 14.2 Å². The highest BCUT2D eigenvalue weighted by atomic mass is 35.5. The van der Waals surface area contributed by atoms with Crippen molar-refractivity contribution in [2.75, 3.05) is 0 Å². The molecule has 0 spiro atoms. The Morgan fingerprint density at radius 2 is 1.55 bits per heavy atom. The van der Waals surface area contributed by atoms with Gasteiger partial charge in [-0.25, -0.2) is 0 Å². The second kappa shape index (κ2) is 5.04. The summed E-state index contributed by atoms with van der Waals surface area (Å²) in [6.45, 7) is 5.60. The zero-order valence-corrected chi connectivity index (χ0v) is 12.4. The molecule has 1 unspecified atom stereocenters. The Morgan fingerprint density at radius 3 is 2.00 bits per heavy atom. The van der Waals surface area contributed by atoms with E-state index in [1.807, 2.05) is 43.3 Å². The number of fused-ring (bicyclic) bond motifs is 3. The van der Waals surface area contributed by atoms with Crippen LogP contribution >= 0.6 is 23.2 Å². The van der Waals surface area contributed by atoms with Gasteiger partial charge in [0, 0.05) is 20.8 Å². The van der Waals surface area contributed by atoms with Gasteiger partial charge in [0.05, 0.1) is 17.3 Å². The van der Waals surface area contributed by atoms with Gasteiger partial charge < -0.3 is 9.30 Å². The van der Waals surface area contributed by atoms with Crippen LogP contribution in [0.2, 0.25) is 10.0 Å². The standard InChI is InChI=1S/C16H13Cl2NO/c1-3-20-10(2)19-15-6-4-11(17)8-13(15)14-9-12(18)5-7-16(14)19/h3-10H,1H2,2H3. The minimum absolute atomic E-state index is 0.158. The first-order valence-corrected chi connectivity index (χ1v) is 7.02. The summed E-state index contributed by atoms with van der Waals surface area (Å²) in [6.07, 6.45) is 1.30. The highest BCUT2D eigenvalue weighted by Gasteiger charge is 2.15. The van der Waals surface area contributed by atoms with Crippen LogP contribution in [0.4, 0.5) is 0 Å². The van der Waals surface area contributed by atoms with E-state index in [9.17, 15) is 0 Å². The van der Waals surface area contributed by atoms with Gasteiger partial charge in [0.1, 0.15) is 0 Å². The molecule has 0 amide bonds. The van der Waals surface area contributed by atoms with Crippen LogP contribution < -0.4 is 0 Å². The van der Waals surface area contributed by atoms with Crippen LogP contribution in [0.5, 0.6) is 0 Å². The SMILES string of the molecule is C=COC(C)n1c2ccc(Cl)cc2c2cc(Cl)ccc21. The molecule has 2 nitrogen and oxygen atoms in total. The summed E-state index contributed by atoms with van der Waals surface area (Å²) in [6, 6.07) is 11.6. The Labute approximate surface area is 127 Å². The number of hydrogen-bond donors (Lipinski definition) is 0. The van der Waals surface area contributed by atoms with Gasteiger partial charge in [0.2, 0.25) is 0 Å². The summed E-state index contributed by atoms with van der Waals surface area (Å²) in [4.78, 5) is 0. The van der Waals surface area contributed by atoms with Gasteiger partial charge in [0.25, 0.3) is 0 Å². The Bertz CT molecular complexity index is 748. The van der Waals surface area contributed by atoms with E-state index in [1.54, 1.807) is 0 Å². The molecule has 0 saturated heterocycles. The van der Waals surface area contributed by atoms with Gasteiger partial charge in [-0.1, -0.05) is 29.8 Å². The first-order chi connectivity index (χ1) is 9.61. The lowest BCUT2D eigenvalue weighted by Gasteiger charge is -2.16. The third-order valence-electron chi connectivity index (χ3n) is 3.38. The largest absolute Gasteiger partial charge is 0.479 e. The van der Waals surface area contributed by atoms with Gasteiger partial charge >= 0.3 is 0 Å². The Balaban J connectivity index is 2.43. The highest BCUT2D eigenvalue weighted by molar-refractivity contribution is 6.33. The molecule has 0 aliphatic carbocycles. The summed E-state index contributed by atoms with van der Waals surface area (Å²) in [5, 5.41) is 3.53. The smallest absolute Gasteiger partial charge is 0.172 e. The summed E-state index contributed by atoms with van der Waals surface area (Å²) in [7, 11) is 0. The number of hydrogen-bond acceptors (Lipinski definition) is 1. The van der Waals surface area contributed by atoms with E-state index in [2.05, 4.69) is 11.1 Å². The molecule has 1 aromatic heterocycles. The predicted molar refractivity (Wildman–Crippen MR) is 85.5 cm³/mol. The monoisotopic (exact) mass is 305 g/mol. The van der Waals surface area contributed by atoms with E-state index >= 15 is 0 Å². The minimum Gasteiger partial charge on any atom is -0.479 e. The predicted octanol–water partition coefficient (Wildman–Crippen LogP) is 5.78. The molecular weight excluding hydrogens is 293 g/mol. The lowest BCUT2D eigenvalue weighted by atomic mass is 10.1. The van der Waals surface area contributed by atoms with Gasteiger partial charge in [-0.05, 0) is 43.3 Å². The fourth-order valence-corrected chi connectivity index (χ4v) is 2.93. The van der Waals surface area contributed by atoms with Gasteiger partial charge in [-0.15, -0.1) is 0 Å². The summed E-state index contributed by atoms with van der Waals surface area (Å²) < 4.78 is 7.63. The fraction of sp³-hybridized carbons (Fsp3) is 0.125. The first-order valence-electron chi connectivity index (χ1n) is 6.27. The van der Waals surface area contributed by atoms with E-state index in [-0.39, 0.29) is 6.23 Å². The second-order valence-electron chi connectivity index (χ2n) is 4.60. The van der Waals surface area contributed by atoms with Crippen LogP contribution in [0.3, 0.4) is 0 Å². The number of ether oxygens (including phenoxy) is 1. The average Bonchev–Trinajstić information content (AvgIpc) is 2.72. The molecule has 0 bridgehead atoms. The van der Waals surface area contributed by atoms with Crippen molar-refractivity contribution >= 4 is 45.0 Å². The second-order valence-corrected chi connectivity index (χ2v) is 5.47. The molecule has 0 fully saturated rings. The molecule has 2 aromatic carbocycles. The van der Waals surface area contributed by atoms with E-state index < -0.39 is 0 Å². The van der Waals surface area contributed by atoms with E-state index in [4.69, 9.17) is 27.9 Å². The zero-order valence-electron chi connectivity index (χ0n) is 10.9. The molecule has 0 saturated carbocycles. The summed E-state index contributed by atoms with van der Waals surface area (Å²) in [5.41, 5.74) is 2.11. The lowest BCUT2D eigenvalue weighted by Crippen LogP contribution is -2.05. The molecule has 1 heterocycles. The van der Waals surface area contributed by atoms with E-state index in [1.165, 1.54) is 6.26 Å². The van der Waals surface area contributed by atoms with Crippen molar-refractivity contribution in [3.05, 3.63) is 59.3 Å². The Hall–Kier alpha value is -1.64. The molecular formula is C16H13Cl2NO. The molecule has 0 aliphatic heterocycles. The van der Waals surface area contributed by atoms with Crippen LogP contribution in [-0.4, -0.2) is 4.57 Å². The van der Waals surface area contributed by atoms with Crippen LogP contribution in [0.25, 0.3) is 21.8 Å². The summed E-state index contributed by atoms with van der Waals surface area (Å²) in [5.74, 6) is 0. The molecule has 20 heavy (non-hydrogen) atoms. The Morgan fingerprint density at radius 1 is 1.05 bits per heavy atom. The van der Waals surface area contributed by atoms with E-state index in [0.717, 1.165) is 21.8 Å². The molecule has 0 N–H and O–H groups in total. The van der Waals surface area contributed by atoms with Crippen molar-refractivity contribution in [3.8, 4) is 0 Å². The van der Waals surface area contributed by atoms with Crippen LogP contribution in [0.15, 0.2) is 49.2 Å². The van der Waals surface area contributed by atoms with Crippen molar-refractivity contribution < 1.29 is 4.74 Å². The van der Waals surface area contributed by atoms with Crippen LogP contribution in [-0.2, 0) is 4.74 Å². The van der Waals surface area contributed by atoms with Crippen LogP contribution in [0, 0.1) is 0 Å². The van der Waals surface area contributed by atoms with Gasteiger partial charge in [-0.2, -0.15) is 0 Å². The van der Waals surface area contributed by atoms with Crippen LogP contribution in [0.1, 0.15) is 13.2 Å². The number of aromatic nitrogens is 1. The molecule has 3 aromatic rings. The number of rotatable bonds is 3. The molecule has 1 atom stereocenters. The third-order valence-corrected chi connectivity index (χ3v) is 3.85. The van der Waals surface area contributed by atoms with Crippen molar-refractivity contribution in [2.24, 2.45) is 0 Å². The molecule has 0 aliphatic rings. The van der Waals surface area contributed by atoms with Gasteiger partial charge in [0.15, 0.2) is 6.23 Å². The van der Waals surface area contributed by atoms with Crippen molar-refractivity contribution in [3.63, 3.8) is 0 Å². The van der Waals surface area contributed by atoms with Gasteiger partial charge in [-0.3, -0.25) is 0 Å². The maximum absolute atomic E-state index is 6.12. The first kappa shape index (κ1) is 13.3. The maximum Gasteiger partial charge on any atom is 0.172 e. The molecule has 4 heteroatoms. The van der Waals surface area contributed by atoms with Crippen molar-refractivity contribution in [2.45, 2.75) is 13.2 Å². The Kier molecular flexibility index (Phi) is 3.36. The molecule has 3 rings (SSSR count).